The van der Waals surface area contributed by atoms with Crippen LogP contribution in [0.1, 0.15) is 78.2 Å². The van der Waals surface area contributed by atoms with E-state index in [0.29, 0.717) is 24.8 Å². The Labute approximate surface area is 240 Å². The van der Waals surface area contributed by atoms with Gasteiger partial charge in [0, 0.05) is 29.6 Å². The lowest BCUT2D eigenvalue weighted by Crippen LogP contribution is -2.63. The van der Waals surface area contributed by atoms with E-state index in [1.165, 1.54) is 6.07 Å². The average molecular weight is 573 g/mol. The minimum absolute atomic E-state index is 0.0103. The molecule has 41 heavy (non-hydrogen) atoms. The van der Waals surface area contributed by atoms with Crippen molar-refractivity contribution in [3.05, 3.63) is 23.5 Å². The highest BCUT2D eigenvalue weighted by atomic mass is 19.1. The van der Waals surface area contributed by atoms with Gasteiger partial charge in [0.25, 0.3) is 0 Å². The van der Waals surface area contributed by atoms with E-state index in [1.54, 1.807) is 6.07 Å². The number of aliphatic hydroxyl groups excluding tert-OH is 1. The van der Waals surface area contributed by atoms with E-state index in [4.69, 9.17) is 19.9 Å². The topological polar surface area (TPSA) is 145 Å². The van der Waals surface area contributed by atoms with Gasteiger partial charge in [-0.2, -0.15) is 0 Å². The SMILES string of the molecule is C[C@H]1[C@H](O)[C@](C)(CCC(N)=O)C[C@@H](OC(=O)COc2ccc3c(c2F)B(O)OC3)[C@@]2(C)[C@@H]3C(=O)CC[C@]31CC[C@@H]2C. The summed E-state index contributed by atoms with van der Waals surface area (Å²) in [6, 6.07) is 2.96. The first-order chi connectivity index (χ1) is 19.2. The number of primary amides is 1. The van der Waals surface area contributed by atoms with Crippen LogP contribution in [0.15, 0.2) is 12.1 Å². The zero-order valence-electron chi connectivity index (χ0n) is 24.3. The second-order valence-electron chi connectivity index (χ2n) is 13.4. The molecule has 1 aromatic carbocycles. The molecule has 3 aliphatic carbocycles. The molecule has 224 valence electrons. The van der Waals surface area contributed by atoms with E-state index in [0.717, 1.165) is 12.8 Å². The normalized spacial score (nSPS) is 38.1. The summed E-state index contributed by atoms with van der Waals surface area (Å²) < 4.78 is 31.8. The number of aliphatic hydroxyl groups is 1. The van der Waals surface area contributed by atoms with Crippen LogP contribution in [0.4, 0.5) is 4.39 Å². The molecule has 8 atom stereocenters. The Morgan fingerprint density at radius 2 is 1.98 bits per heavy atom. The third-order valence-electron chi connectivity index (χ3n) is 11.3. The van der Waals surface area contributed by atoms with Crippen molar-refractivity contribution in [3.63, 3.8) is 0 Å². The fourth-order valence-electron chi connectivity index (χ4n) is 8.71. The summed E-state index contributed by atoms with van der Waals surface area (Å²) in [6.45, 7) is 7.52. The Morgan fingerprint density at radius 1 is 1.24 bits per heavy atom. The van der Waals surface area contributed by atoms with E-state index in [-0.39, 0.29) is 48.3 Å². The van der Waals surface area contributed by atoms with Gasteiger partial charge in [-0.25, -0.2) is 9.18 Å². The van der Waals surface area contributed by atoms with Crippen LogP contribution in [0.5, 0.6) is 5.75 Å². The van der Waals surface area contributed by atoms with Gasteiger partial charge in [-0.15, -0.1) is 0 Å². The predicted octanol–water partition coefficient (Wildman–Crippen LogP) is 2.41. The van der Waals surface area contributed by atoms with Gasteiger partial charge in [0.1, 0.15) is 11.9 Å². The maximum Gasteiger partial charge on any atom is 0.494 e. The zero-order chi connectivity index (χ0) is 29.9. The summed E-state index contributed by atoms with van der Waals surface area (Å²) in [5, 5.41) is 21.8. The quantitative estimate of drug-likeness (QED) is 0.333. The second kappa shape index (κ2) is 10.6. The molecule has 5 rings (SSSR count). The third-order valence-corrected chi connectivity index (χ3v) is 11.3. The number of esters is 1. The lowest BCUT2D eigenvalue weighted by molar-refractivity contribution is -0.213. The van der Waals surface area contributed by atoms with Gasteiger partial charge in [-0.1, -0.05) is 33.8 Å². The molecular weight excluding hydrogens is 532 g/mol. The number of halogens is 1. The number of carbonyl (C=O) groups excluding carboxylic acids is 3. The van der Waals surface area contributed by atoms with Crippen LogP contribution in [-0.2, 0) is 30.4 Å². The zero-order valence-corrected chi connectivity index (χ0v) is 24.3. The molecule has 9 nitrogen and oxygen atoms in total. The second-order valence-corrected chi connectivity index (χ2v) is 13.4. The lowest BCUT2D eigenvalue weighted by Gasteiger charge is -2.62. The monoisotopic (exact) mass is 573 g/mol. The Balaban J connectivity index is 1.46. The highest BCUT2D eigenvalue weighted by Gasteiger charge is 2.68. The summed E-state index contributed by atoms with van der Waals surface area (Å²) in [6.07, 6.45) is 1.70. The van der Waals surface area contributed by atoms with Gasteiger partial charge in [0.05, 0.1) is 12.7 Å². The Hall–Kier alpha value is -2.50. The number of nitrogens with two attached hydrogens (primary N) is 1. The smallest absolute Gasteiger partial charge is 0.479 e. The first-order valence-electron chi connectivity index (χ1n) is 14.7. The van der Waals surface area contributed by atoms with E-state index in [2.05, 4.69) is 6.92 Å². The number of hydrogen-bond acceptors (Lipinski definition) is 8. The summed E-state index contributed by atoms with van der Waals surface area (Å²) in [7, 11) is -1.40. The van der Waals surface area contributed by atoms with Gasteiger partial charge in [0.2, 0.25) is 5.91 Å². The van der Waals surface area contributed by atoms with Crippen LogP contribution < -0.4 is 15.9 Å². The number of benzene rings is 1. The van der Waals surface area contributed by atoms with Crippen molar-refractivity contribution in [1.29, 1.82) is 0 Å². The maximum atomic E-state index is 15.0. The molecule has 3 fully saturated rings. The molecule has 1 aromatic rings. The predicted molar refractivity (Wildman–Crippen MR) is 147 cm³/mol. The van der Waals surface area contributed by atoms with Crippen LogP contribution in [-0.4, -0.2) is 53.7 Å². The summed E-state index contributed by atoms with van der Waals surface area (Å²) in [5.41, 5.74) is 4.03. The largest absolute Gasteiger partial charge is 0.494 e. The van der Waals surface area contributed by atoms with Crippen LogP contribution in [0.25, 0.3) is 0 Å². The van der Waals surface area contributed by atoms with Crippen LogP contribution in [0, 0.1) is 39.8 Å². The van der Waals surface area contributed by atoms with Crippen molar-refractivity contribution in [2.45, 2.75) is 91.5 Å². The van der Waals surface area contributed by atoms with Crippen LogP contribution in [0.2, 0.25) is 0 Å². The van der Waals surface area contributed by atoms with Crippen LogP contribution in [0.3, 0.4) is 0 Å². The minimum Gasteiger partial charge on any atom is -0.479 e. The van der Waals surface area contributed by atoms with Gasteiger partial charge in [-0.05, 0) is 66.4 Å². The first kappa shape index (κ1) is 30.0. The molecule has 0 aromatic heterocycles. The number of amides is 1. The fourth-order valence-corrected chi connectivity index (χ4v) is 8.71. The maximum absolute atomic E-state index is 15.0. The van der Waals surface area contributed by atoms with Crippen molar-refractivity contribution >= 4 is 30.2 Å². The molecule has 1 heterocycles. The molecule has 0 spiro atoms. The standard InChI is InChI=1S/C30H41BFNO8/c1-16-7-11-30-12-8-19(34)26(30)29(16,4)21(13-28(3,10-9-22(33)35)27(37)17(30)2)41-23(36)15-39-20-6-5-18-14-40-31(38)24(18)25(20)32/h5-6,16-17,21,26-27,37-38H,7-15H2,1-4H3,(H2,33,35)/t16-,17-,21+,26-,27-,28+,29-,30-/m0/s1. The van der Waals surface area contributed by atoms with E-state index in [1.807, 2.05) is 20.8 Å². The van der Waals surface area contributed by atoms with Crippen molar-refractivity contribution < 1.29 is 43.0 Å². The van der Waals surface area contributed by atoms with Crippen molar-refractivity contribution in [1.82, 2.24) is 0 Å². The fraction of sp³-hybridized carbons (Fsp3) is 0.700. The number of carbonyl (C=O) groups is 3. The highest BCUT2D eigenvalue weighted by molar-refractivity contribution is 6.61. The molecule has 0 saturated heterocycles. The molecule has 3 saturated carbocycles. The summed E-state index contributed by atoms with van der Waals surface area (Å²) in [5.74, 6) is -2.63. The van der Waals surface area contributed by atoms with E-state index >= 15 is 4.39 Å². The number of rotatable bonds is 7. The third kappa shape index (κ3) is 4.78. The number of Topliss-reactive ketones (excluding diaryl/α,β-unsaturated/α-hetero) is 1. The Bertz CT molecular complexity index is 1250. The van der Waals surface area contributed by atoms with Crippen molar-refractivity contribution in [2.24, 2.45) is 39.7 Å². The highest BCUT2D eigenvalue weighted by Crippen LogP contribution is 2.68. The Kier molecular flexibility index (Phi) is 7.79. The molecule has 0 radical (unpaired) electrons. The van der Waals surface area contributed by atoms with Gasteiger partial charge < -0.3 is 30.0 Å². The molecule has 1 aliphatic heterocycles. The van der Waals surface area contributed by atoms with Gasteiger partial charge >= 0.3 is 13.1 Å². The van der Waals surface area contributed by atoms with E-state index in [9.17, 15) is 24.5 Å². The Morgan fingerprint density at radius 3 is 2.68 bits per heavy atom. The number of fused-ring (bicyclic) bond motifs is 1. The number of ketones is 1. The van der Waals surface area contributed by atoms with Crippen molar-refractivity contribution in [2.75, 3.05) is 6.61 Å². The molecule has 4 aliphatic rings. The average Bonchev–Trinajstić information content (AvgIpc) is 3.48. The molecule has 11 heteroatoms. The van der Waals surface area contributed by atoms with Gasteiger partial charge in [-0.3, -0.25) is 9.59 Å². The first-order valence-corrected chi connectivity index (χ1v) is 14.7. The number of hydrogen-bond donors (Lipinski definition) is 3. The van der Waals surface area contributed by atoms with E-state index < -0.39 is 65.8 Å². The molecule has 4 N–H and O–H groups in total. The van der Waals surface area contributed by atoms with Gasteiger partial charge in [0.15, 0.2) is 18.2 Å². The molecule has 0 unspecified atom stereocenters. The molecule has 2 bridgehead atoms. The van der Waals surface area contributed by atoms with Crippen molar-refractivity contribution in [3.8, 4) is 5.75 Å². The lowest BCUT2D eigenvalue weighted by atomic mass is 9.43. The number of ether oxygens (including phenoxy) is 2. The summed E-state index contributed by atoms with van der Waals surface area (Å²) >= 11 is 0. The van der Waals surface area contributed by atoms with Crippen LogP contribution >= 0.6 is 0 Å². The molecule has 1 amide bonds. The molecular formula is C30H41BFNO8. The summed E-state index contributed by atoms with van der Waals surface area (Å²) in [4.78, 5) is 38.7. The minimum atomic E-state index is -1.40.